The summed E-state index contributed by atoms with van der Waals surface area (Å²) in [5.41, 5.74) is 0.814. The van der Waals surface area contributed by atoms with Gasteiger partial charge in [0.25, 0.3) is 0 Å². The molecule has 1 saturated heterocycles. The van der Waals surface area contributed by atoms with Gasteiger partial charge >= 0.3 is 0 Å². The number of rotatable bonds is 10. The molecule has 0 radical (unpaired) electrons. The van der Waals surface area contributed by atoms with Gasteiger partial charge in [0, 0.05) is 37.8 Å². The monoisotopic (exact) mass is 411 g/mol. The summed E-state index contributed by atoms with van der Waals surface area (Å²) < 4.78 is 5.43. The Morgan fingerprint density at radius 1 is 1.17 bits per heavy atom. The van der Waals surface area contributed by atoms with Crippen molar-refractivity contribution in [1.29, 1.82) is 0 Å². The minimum absolute atomic E-state index is 0.0732. The van der Waals surface area contributed by atoms with E-state index in [0.717, 1.165) is 68.4 Å². The first-order chi connectivity index (χ1) is 14.7. The lowest BCUT2D eigenvalue weighted by Gasteiger charge is -2.32. The third kappa shape index (κ3) is 6.61. The van der Waals surface area contributed by atoms with Crippen molar-refractivity contribution in [1.82, 2.24) is 9.97 Å². The third-order valence-electron chi connectivity index (χ3n) is 5.38. The maximum absolute atomic E-state index is 12.3. The number of nitrogens with zero attached hydrogens (tertiary/aromatic N) is 3. The van der Waals surface area contributed by atoms with Crippen molar-refractivity contribution in [2.24, 2.45) is 5.92 Å². The van der Waals surface area contributed by atoms with Gasteiger partial charge in [-0.25, -0.2) is 9.97 Å². The molecule has 3 rings (SSSR count). The summed E-state index contributed by atoms with van der Waals surface area (Å²) in [6.07, 6.45) is 6.33. The summed E-state index contributed by atoms with van der Waals surface area (Å²) in [6, 6.07) is 9.55. The average molecular weight is 412 g/mol. The molecule has 30 heavy (non-hydrogen) atoms. The quantitative estimate of drug-likeness (QED) is 0.606. The maximum Gasteiger partial charge on any atom is 0.224 e. The molecule has 1 fully saturated rings. The van der Waals surface area contributed by atoms with Crippen LogP contribution < -0.4 is 20.3 Å². The van der Waals surface area contributed by atoms with E-state index in [1.54, 1.807) is 6.33 Å². The summed E-state index contributed by atoms with van der Waals surface area (Å²) >= 11 is 0. The Morgan fingerprint density at radius 3 is 2.63 bits per heavy atom. The Kier molecular flexibility index (Phi) is 8.30. The van der Waals surface area contributed by atoms with Crippen LogP contribution in [0.15, 0.2) is 36.7 Å². The fourth-order valence-electron chi connectivity index (χ4n) is 3.68. The zero-order valence-corrected chi connectivity index (χ0v) is 18.1. The Balaban J connectivity index is 1.40. The van der Waals surface area contributed by atoms with Gasteiger partial charge < -0.3 is 20.3 Å². The largest absolute Gasteiger partial charge is 0.494 e. The minimum atomic E-state index is 0.0732. The highest BCUT2D eigenvalue weighted by Gasteiger charge is 2.21. The van der Waals surface area contributed by atoms with Crippen LogP contribution in [0.3, 0.4) is 0 Å². The molecular weight excluding hydrogens is 378 g/mol. The summed E-state index contributed by atoms with van der Waals surface area (Å²) in [7, 11) is 0. The van der Waals surface area contributed by atoms with Crippen LogP contribution >= 0.6 is 0 Å². The Hall–Kier alpha value is -2.83. The molecule has 0 aliphatic carbocycles. The molecule has 2 aromatic rings. The third-order valence-corrected chi connectivity index (χ3v) is 5.38. The maximum atomic E-state index is 12.3. The second-order valence-electron chi connectivity index (χ2n) is 7.66. The summed E-state index contributed by atoms with van der Waals surface area (Å²) in [5.74, 6) is 3.33. The van der Waals surface area contributed by atoms with Gasteiger partial charge in [0.15, 0.2) is 0 Å². The molecule has 162 valence electrons. The predicted molar refractivity (Wildman–Crippen MR) is 121 cm³/mol. The molecule has 1 aliphatic rings. The zero-order chi connectivity index (χ0) is 21.2. The topological polar surface area (TPSA) is 79.4 Å². The van der Waals surface area contributed by atoms with E-state index in [0.29, 0.717) is 18.9 Å². The lowest BCUT2D eigenvalue weighted by atomic mass is 9.92. The summed E-state index contributed by atoms with van der Waals surface area (Å²) in [4.78, 5) is 23.3. The normalized spacial score (nSPS) is 14.4. The van der Waals surface area contributed by atoms with E-state index in [1.807, 2.05) is 37.3 Å². The van der Waals surface area contributed by atoms with Crippen LogP contribution in [0.1, 0.15) is 46.0 Å². The fraction of sp³-hybridized carbons (Fsp3) is 0.522. The second kappa shape index (κ2) is 11.4. The molecule has 0 unspecified atom stereocenters. The van der Waals surface area contributed by atoms with Crippen LogP contribution in [0.25, 0.3) is 0 Å². The fourth-order valence-corrected chi connectivity index (χ4v) is 3.68. The number of anilines is 3. The van der Waals surface area contributed by atoms with Gasteiger partial charge in [0.1, 0.15) is 23.7 Å². The number of piperidine rings is 1. The van der Waals surface area contributed by atoms with Crippen LogP contribution in [0.2, 0.25) is 0 Å². The van der Waals surface area contributed by atoms with Crippen LogP contribution in [-0.2, 0) is 4.79 Å². The van der Waals surface area contributed by atoms with Crippen molar-refractivity contribution in [3.05, 3.63) is 36.7 Å². The number of aromatic nitrogens is 2. The van der Waals surface area contributed by atoms with E-state index < -0.39 is 0 Å². The Morgan fingerprint density at radius 2 is 1.93 bits per heavy atom. The van der Waals surface area contributed by atoms with Gasteiger partial charge in [0.05, 0.1) is 6.61 Å². The van der Waals surface area contributed by atoms with Crippen LogP contribution in [0, 0.1) is 5.92 Å². The van der Waals surface area contributed by atoms with Gasteiger partial charge in [-0.05, 0) is 62.8 Å². The Labute approximate surface area is 179 Å². The molecule has 0 spiro atoms. The average Bonchev–Trinajstić information content (AvgIpc) is 2.78. The lowest BCUT2D eigenvalue weighted by molar-refractivity contribution is -0.116. The first-order valence-corrected chi connectivity index (χ1v) is 11.0. The van der Waals surface area contributed by atoms with Crippen molar-refractivity contribution in [2.75, 3.05) is 41.8 Å². The first-order valence-electron chi connectivity index (χ1n) is 11.0. The molecule has 0 bridgehead atoms. The van der Waals surface area contributed by atoms with Gasteiger partial charge in [-0.3, -0.25) is 4.79 Å². The summed E-state index contributed by atoms with van der Waals surface area (Å²) in [5, 5.41) is 6.29. The van der Waals surface area contributed by atoms with Crippen molar-refractivity contribution >= 4 is 23.2 Å². The van der Waals surface area contributed by atoms with Crippen LogP contribution in [0.4, 0.5) is 17.3 Å². The number of carbonyl (C=O) groups is 1. The predicted octanol–water partition coefficient (Wildman–Crippen LogP) is 4.33. The highest BCUT2D eigenvalue weighted by molar-refractivity contribution is 5.90. The Bertz CT molecular complexity index is 788. The van der Waals surface area contributed by atoms with Crippen molar-refractivity contribution in [2.45, 2.75) is 46.0 Å². The van der Waals surface area contributed by atoms with Gasteiger partial charge in [0.2, 0.25) is 5.91 Å². The van der Waals surface area contributed by atoms with Gasteiger partial charge in [-0.2, -0.15) is 0 Å². The molecule has 2 heterocycles. The zero-order valence-electron chi connectivity index (χ0n) is 18.1. The summed E-state index contributed by atoms with van der Waals surface area (Å²) in [6.45, 7) is 7.58. The van der Waals surface area contributed by atoms with Crippen molar-refractivity contribution < 1.29 is 9.53 Å². The van der Waals surface area contributed by atoms with E-state index in [9.17, 15) is 4.79 Å². The molecule has 7 nitrogen and oxygen atoms in total. The molecule has 0 atom stereocenters. The molecule has 1 aliphatic heterocycles. The molecule has 7 heteroatoms. The van der Waals surface area contributed by atoms with Crippen LogP contribution in [0.5, 0.6) is 5.75 Å². The van der Waals surface area contributed by atoms with Crippen molar-refractivity contribution in [3.63, 3.8) is 0 Å². The number of ether oxygens (including phenoxy) is 1. The molecule has 2 N–H and O–H groups in total. The van der Waals surface area contributed by atoms with E-state index in [1.165, 1.54) is 0 Å². The molecule has 1 aromatic heterocycles. The second-order valence-corrected chi connectivity index (χ2v) is 7.66. The molecule has 1 amide bonds. The number of hydrogen-bond donors (Lipinski definition) is 2. The van der Waals surface area contributed by atoms with Crippen molar-refractivity contribution in [3.8, 4) is 5.75 Å². The standard InChI is InChI=1S/C23H33N5O2/c1-3-13-24-21-16-22(26-17-25-21)28-14-11-18(12-15-28)5-10-23(29)27-19-6-8-20(9-7-19)30-4-2/h6-9,16-18H,3-5,10-15H2,1-2H3,(H,27,29)(H,24,25,26). The highest BCUT2D eigenvalue weighted by atomic mass is 16.5. The van der Waals surface area contributed by atoms with E-state index in [-0.39, 0.29) is 5.91 Å². The number of hydrogen-bond acceptors (Lipinski definition) is 6. The SMILES string of the molecule is CCCNc1cc(N2CCC(CCC(=O)Nc3ccc(OCC)cc3)CC2)ncn1. The molecule has 0 saturated carbocycles. The number of carbonyl (C=O) groups excluding carboxylic acids is 1. The van der Waals surface area contributed by atoms with E-state index >= 15 is 0 Å². The van der Waals surface area contributed by atoms with Crippen LogP contribution in [-0.4, -0.2) is 42.1 Å². The van der Waals surface area contributed by atoms with E-state index in [4.69, 9.17) is 4.74 Å². The minimum Gasteiger partial charge on any atom is -0.494 e. The van der Waals surface area contributed by atoms with Gasteiger partial charge in [-0.1, -0.05) is 6.92 Å². The van der Waals surface area contributed by atoms with Gasteiger partial charge in [-0.15, -0.1) is 0 Å². The van der Waals surface area contributed by atoms with E-state index in [2.05, 4.69) is 32.4 Å². The highest BCUT2D eigenvalue weighted by Crippen LogP contribution is 2.26. The smallest absolute Gasteiger partial charge is 0.224 e. The number of amides is 1. The lowest BCUT2D eigenvalue weighted by Crippen LogP contribution is -2.34. The molecular formula is C23H33N5O2. The first kappa shape index (κ1) is 21.9. The molecule has 1 aromatic carbocycles. The number of nitrogens with one attached hydrogen (secondary N) is 2. The number of benzene rings is 1.